The Morgan fingerprint density at radius 2 is 2.18 bits per heavy atom. The molecule has 3 rings (SSSR count). The van der Waals surface area contributed by atoms with Gasteiger partial charge in [0.2, 0.25) is 0 Å². The normalized spacial score (nSPS) is 17.0. The lowest BCUT2D eigenvalue weighted by Gasteiger charge is -2.30. The molecule has 5 nitrogen and oxygen atoms in total. The van der Waals surface area contributed by atoms with E-state index < -0.39 is 0 Å². The second-order valence-corrected chi connectivity index (χ2v) is 6.89. The zero-order valence-corrected chi connectivity index (χ0v) is 13.9. The predicted molar refractivity (Wildman–Crippen MR) is 88.3 cm³/mol. The highest BCUT2D eigenvalue weighted by molar-refractivity contribution is 7.11. The molecule has 0 aromatic carbocycles. The molecule has 0 saturated carbocycles. The van der Waals surface area contributed by atoms with Crippen molar-refractivity contribution in [2.75, 3.05) is 12.4 Å². The third-order valence-corrected chi connectivity index (χ3v) is 5.05. The maximum atomic E-state index is 12.5. The van der Waals surface area contributed by atoms with Gasteiger partial charge in [-0.2, -0.15) is 0 Å². The van der Waals surface area contributed by atoms with Gasteiger partial charge in [0.15, 0.2) is 0 Å². The molecular formula is C16H20N4OS. The van der Waals surface area contributed by atoms with E-state index in [9.17, 15) is 4.79 Å². The number of fused-ring (bicyclic) bond motifs is 1. The number of aromatic nitrogens is 2. The number of amides is 2. The summed E-state index contributed by atoms with van der Waals surface area (Å²) in [6.45, 7) is 3.93. The zero-order chi connectivity index (χ0) is 15.7. The van der Waals surface area contributed by atoms with E-state index in [-0.39, 0.29) is 12.1 Å². The predicted octanol–water partition coefficient (Wildman–Crippen LogP) is 3.70. The molecule has 0 fully saturated rings. The van der Waals surface area contributed by atoms with Crippen molar-refractivity contribution in [1.29, 1.82) is 0 Å². The first-order valence-corrected chi connectivity index (χ1v) is 8.30. The molecule has 116 valence electrons. The molecule has 1 N–H and O–H groups in total. The summed E-state index contributed by atoms with van der Waals surface area (Å²) in [5.41, 5.74) is 2.05. The average Bonchev–Trinajstić information content (AvgIpc) is 2.86. The summed E-state index contributed by atoms with van der Waals surface area (Å²) >= 11 is 1.70. The van der Waals surface area contributed by atoms with Gasteiger partial charge in [-0.1, -0.05) is 6.07 Å². The Hall–Kier alpha value is -1.95. The Balaban J connectivity index is 1.76. The van der Waals surface area contributed by atoms with Crippen molar-refractivity contribution in [2.45, 2.75) is 39.2 Å². The minimum absolute atomic E-state index is 0.111. The smallest absolute Gasteiger partial charge is 0.320 e. The highest BCUT2D eigenvalue weighted by Crippen LogP contribution is 2.37. The zero-order valence-electron chi connectivity index (χ0n) is 13.1. The minimum Gasteiger partial charge on any atom is -0.320 e. The minimum atomic E-state index is -0.123. The number of aryl methyl sites for hydroxylation is 3. The number of urea groups is 1. The molecule has 0 aliphatic heterocycles. The van der Waals surface area contributed by atoms with Crippen molar-refractivity contribution in [3.63, 3.8) is 0 Å². The van der Waals surface area contributed by atoms with Crippen LogP contribution in [0.15, 0.2) is 18.2 Å². The van der Waals surface area contributed by atoms with E-state index in [1.54, 1.807) is 16.2 Å². The summed E-state index contributed by atoms with van der Waals surface area (Å²) in [7, 11) is 1.85. The molecule has 1 atom stereocenters. The Kier molecular flexibility index (Phi) is 4.11. The highest BCUT2D eigenvalue weighted by Gasteiger charge is 2.29. The topological polar surface area (TPSA) is 58.1 Å². The molecular weight excluding hydrogens is 296 g/mol. The summed E-state index contributed by atoms with van der Waals surface area (Å²) in [6.07, 6.45) is 3.08. The van der Waals surface area contributed by atoms with Crippen molar-refractivity contribution in [3.8, 4) is 0 Å². The van der Waals surface area contributed by atoms with Gasteiger partial charge in [0.25, 0.3) is 0 Å². The number of anilines is 1. The fourth-order valence-corrected chi connectivity index (χ4v) is 3.99. The van der Waals surface area contributed by atoms with Crippen LogP contribution >= 0.6 is 11.3 Å². The molecule has 6 heteroatoms. The third-order valence-electron chi connectivity index (χ3n) is 3.94. The van der Waals surface area contributed by atoms with E-state index in [0.717, 1.165) is 35.7 Å². The Bertz CT molecular complexity index is 697. The van der Waals surface area contributed by atoms with E-state index in [1.165, 1.54) is 4.88 Å². The van der Waals surface area contributed by atoms with Crippen molar-refractivity contribution in [3.05, 3.63) is 39.5 Å². The van der Waals surface area contributed by atoms with Gasteiger partial charge in [-0.25, -0.2) is 14.8 Å². The van der Waals surface area contributed by atoms with Gasteiger partial charge in [0, 0.05) is 12.7 Å². The molecule has 0 radical (unpaired) electrons. The molecule has 0 unspecified atom stereocenters. The van der Waals surface area contributed by atoms with Crippen LogP contribution < -0.4 is 5.32 Å². The number of nitrogens with zero attached hydrogens (tertiary/aromatic N) is 3. The number of carbonyl (C=O) groups is 1. The van der Waals surface area contributed by atoms with E-state index >= 15 is 0 Å². The fraction of sp³-hybridized carbons (Fsp3) is 0.438. The number of hydrogen-bond donors (Lipinski definition) is 1. The summed E-state index contributed by atoms with van der Waals surface area (Å²) in [5, 5.41) is 3.95. The van der Waals surface area contributed by atoms with Crippen LogP contribution in [0, 0.1) is 13.8 Å². The number of rotatable bonds is 2. The Morgan fingerprint density at radius 1 is 1.36 bits per heavy atom. The molecule has 2 aromatic heterocycles. The van der Waals surface area contributed by atoms with Crippen LogP contribution in [-0.2, 0) is 6.42 Å². The van der Waals surface area contributed by atoms with Gasteiger partial charge in [-0.3, -0.25) is 5.32 Å². The van der Waals surface area contributed by atoms with E-state index in [2.05, 4.69) is 15.3 Å². The summed E-state index contributed by atoms with van der Waals surface area (Å²) in [4.78, 5) is 24.4. The van der Waals surface area contributed by atoms with Crippen LogP contribution in [0.25, 0.3) is 0 Å². The summed E-state index contributed by atoms with van der Waals surface area (Å²) < 4.78 is 0. The first-order valence-electron chi connectivity index (χ1n) is 7.48. The summed E-state index contributed by atoms with van der Waals surface area (Å²) in [6, 6.07) is 5.60. The van der Waals surface area contributed by atoms with Gasteiger partial charge >= 0.3 is 6.03 Å². The van der Waals surface area contributed by atoms with Crippen molar-refractivity contribution < 1.29 is 4.79 Å². The average molecular weight is 316 g/mol. The molecule has 0 saturated heterocycles. The molecule has 1 aliphatic rings. The molecule has 1 aliphatic carbocycles. The lowest BCUT2D eigenvalue weighted by Crippen LogP contribution is -2.36. The van der Waals surface area contributed by atoms with Crippen molar-refractivity contribution in [2.24, 2.45) is 0 Å². The van der Waals surface area contributed by atoms with Gasteiger partial charge in [0.1, 0.15) is 5.82 Å². The molecule has 2 amide bonds. The molecule has 2 heterocycles. The largest absolute Gasteiger partial charge is 0.323 e. The standard InChI is InChI=1S/C16H20N4OS/c1-10-6-4-9-14(17-10)19-16(21)20(3)13-8-5-7-12-15(13)22-11(2)18-12/h4,6,9,13H,5,7-8H2,1-3H3,(H,17,19,21)/t13-/m0/s1. The third kappa shape index (κ3) is 2.97. The number of pyridine rings is 1. The molecule has 0 spiro atoms. The molecule has 22 heavy (non-hydrogen) atoms. The highest BCUT2D eigenvalue weighted by atomic mass is 32.1. The quantitative estimate of drug-likeness (QED) is 0.919. The van der Waals surface area contributed by atoms with Crippen LogP contribution in [0.2, 0.25) is 0 Å². The van der Waals surface area contributed by atoms with Crippen LogP contribution in [0.1, 0.15) is 40.2 Å². The van der Waals surface area contributed by atoms with Crippen LogP contribution in [0.4, 0.5) is 10.6 Å². The molecule has 0 bridgehead atoms. The maximum absolute atomic E-state index is 12.5. The van der Waals surface area contributed by atoms with Crippen LogP contribution in [0.5, 0.6) is 0 Å². The monoisotopic (exact) mass is 316 g/mol. The van der Waals surface area contributed by atoms with Crippen molar-refractivity contribution >= 4 is 23.2 Å². The summed E-state index contributed by atoms with van der Waals surface area (Å²) in [5.74, 6) is 0.591. The van der Waals surface area contributed by atoms with E-state index in [0.29, 0.717) is 5.82 Å². The lowest BCUT2D eigenvalue weighted by molar-refractivity contribution is 0.198. The van der Waals surface area contributed by atoms with Gasteiger partial charge in [0.05, 0.1) is 21.6 Å². The Labute approximate surface area is 134 Å². The maximum Gasteiger partial charge on any atom is 0.323 e. The van der Waals surface area contributed by atoms with Crippen LogP contribution in [0.3, 0.4) is 0 Å². The van der Waals surface area contributed by atoms with E-state index in [4.69, 9.17) is 0 Å². The van der Waals surface area contributed by atoms with Gasteiger partial charge < -0.3 is 4.90 Å². The van der Waals surface area contributed by atoms with Gasteiger partial charge in [-0.05, 0) is 45.2 Å². The SMILES string of the molecule is Cc1cccc(NC(=O)N(C)[C@H]2CCCc3nc(C)sc32)n1. The van der Waals surface area contributed by atoms with Crippen LogP contribution in [-0.4, -0.2) is 27.9 Å². The first-order chi connectivity index (χ1) is 10.5. The number of hydrogen-bond acceptors (Lipinski definition) is 4. The first kappa shape index (κ1) is 15.0. The number of thiazole rings is 1. The van der Waals surface area contributed by atoms with Gasteiger partial charge in [-0.15, -0.1) is 11.3 Å². The number of carbonyl (C=O) groups excluding carboxylic acids is 1. The fourth-order valence-electron chi connectivity index (χ4n) is 2.84. The Morgan fingerprint density at radius 3 is 2.95 bits per heavy atom. The lowest BCUT2D eigenvalue weighted by atomic mass is 9.97. The van der Waals surface area contributed by atoms with Crippen molar-refractivity contribution in [1.82, 2.24) is 14.9 Å². The second-order valence-electron chi connectivity index (χ2n) is 5.66. The second kappa shape index (κ2) is 6.04. The molecule has 2 aromatic rings. The van der Waals surface area contributed by atoms with E-state index in [1.807, 2.05) is 39.1 Å². The number of nitrogens with one attached hydrogen (secondary N) is 1.